The summed E-state index contributed by atoms with van der Waals surface area (Å²) < 4.78 is 13.5. The molecule has 2 rings (SSSR count). The number of unbranched alkanes of at least 4 members (excludes halogenated alkanes) is 1. The zero-order valence-corrected chi connectivity index (χ0v) is 15.4. The Bertz CT molecular complexity index is 823. The molecule has 0 aliphatic heterocycles. The maximum atomic E-state index is 13.3. The molecule has 0 aromatic heterocycles. The van der Waals surface area contributed by atoms with Gasteiger partial charge < -0.3 is 5.32 Å². The van der Waals surface area contributed by atoms with E-state index >= 15 is 0 Å². The van der Waals surface area contributed by atoms with Crippen LogP contribution in [0.1, 0.15) is 30.9 Å². The predicted octanol–water partition coefficient (Wildman–Crippen LogP) is 5.48. The number of hydrogen-bond acceptors (Lipinski definition) is 2. The Hall–Kier alpha value is -2.45. The molecule has 1 N–H and O–H groups in total. The van der Waals surface area contributed by atoms with Gasteiger partial charge in [0.25, 0.3) is 5.91 Å². The second-order valence-electron chi connectivity index (χ2n) is 5.60. The number of anilines is 1. The zero-order valence-electron chi connectivity index (χ0n) is 13.9. The highest BCUT2D eigenvalue weighted by atomic mass is 79.9. The average Bonchev–Trinajstić information content (AvgIpc) is 2.62. The Morgan fingerprint density at radius 2 is 2.00 bits per heavy atom. The van der Waals surface area contributed by atoms with Gasteiger partial charge in [-0.05, 0) is 70.2 Å². The summed E-state index contributed by atoms with van der Waals surface area (Å²) in [5.74, 6) is -0.896. The molecule has 0 aliphatic carbocycles. The summed E-state index contributed by atoms with van der Waals surface area (Å²) in [6.45, 7) is 2.14. The van der Waals surface area contributed by atoms with Gasteiger partial charge in [0.15, 0.2) is 0 Å². The molecule has 0 spiro atoms. The van der Waals surface area contributed by atoms with Gasteiger partial charge in [-0.2, -0.15) is 5.26 Å². The molecule has 0 radical (unpaired) electrons. The van der Waals surface area contributed by atoms with Crippen LogP contribution in [0.4, 0.5) is 10.1 Å². The first kappa shape index (κ1) is 18.9. The Labute approximate surface area is 155 Å². The molecule has 0 atom stereocenters. The number of benzene rings is 2. The van der Waals surface area contributed by atoms with Gasteiger partial charge >= 0.3 is 0 Å². The van der Waals surface area contributed by atoms with Gasteiger partial charge in [0.05, 0.1) is 4.47 Å². The van der Waals surface area contributed by atoms with E-state index in [0.29, 0.717) is 11.3 Å². The fourth-order valence-electron chi connectivity index (χ4n) is 2.25. The number of aryl methyl sites for hydroxylation is 1. The van der Waals surface area contributed by atoms with Crippen molar-refractivity contribution in [3.8, 4) is 6.07 Å². The van der Waals surface area contributed by atoms with E-state index < -0.39 is 11.7 Å². The van der Waals surface area contributed by atoms with E-state index in [1.165, 1.54) is 29.8 Å². The topological polar surface area (TPSA) is 52.9 Å². The number of carbonyl (C=O) groups is 1. The molecule has 1 amide bonds. The Kier molecular flexibility index (Phi) is 6.91. The Balaban J connectivity index is 2.10. The summed E-state index contributed by atoms with van der Waals surface area (Å²) in [5, 5.41) is 11.9. The zero-order chi connectivity index (χ0) is 18.2. The van der Waals surface area contributed by atoms with Gasteiger partial charge in [-0.15, -0.1) is 0 Å². The van der Waals surface area contributed by atoms with Crippen molar-refractivity contribution in [3.63, 3.8) is 0 Å². The third kappa shape index (κ3) is 5.54. The molecular formula is C20H18BrFN2O. The third-order valence-corrected chi connectivity index (χ3v) is 4.26. The van der Waals surface area contributed by atoms with Gasteiger partial charge in [-0.25, -0.2) is 4.39 Å². The van der Waals surface area contributed by atoms with Crippen LogP contribution in [0.15, 0.2) is 52.5 Å². The first-order chi connectivity index (χ1) is 12.0. The normalized spacial score (nSPS) is 11.0. The van der Waals surface area contributed by atoms with Crippen molar-refractivity contribution in [2.45, 2.75) is 26.2 Å². The van der Waals surface area contributed by atoms with E-state index in [9.17, 15) is 14.4 Å². The van der Waals surface area contributed by atoms with Crippen LogP contribution in [-0.4, -0.2) is 5.91 Å². The minimum absolute atomic E-state index is 0.0476. The van der Waals surface area contributed by atoms with Crippen LogP contribution < -0.4 is 5.32 Å². The van der Waals surface area contributed by atoms with Crippen LogP contribution in [0.5, 0.6) is 0 Å². The fourth-order valence-corrected chi connectivity index (χ4v) is 2.65. The molecule has 0 fully saturated rings. The summed E-state index contributed by atoms with van der Waals surface area (Å²) in [4.78, 5) is 12.3. The highest BCUT2D eigenvalue weighted by Crippen LogP contribution is 2.19. The molecule has 0 bridgehead atoms. The van der Waals surface area contributed by atoms with Crippen molar-refractivity contribution in [2.24, 2.45) is 0 Å². The number of carbonyl (C=O) groups excluding carboxylic acids is 1. The quantitative estimate of drug-likeness (QED) is 0.515. The van der Waals surface area contributed by atoms with Gasteiger partial charge in [0.2, 0.25) is 0 Å². The lowest BCUT2D eigenvalue weighted by Crippen LogP contribution is -2.13. The molecule has 0 aliphatic rings. The molecule has 0 saturated heterocycles. The molecule has 2 aromatic rings. The fraction of sp³-hybridized carbons (Fsp3) is 0.200. The molecule has 5 heteroatoms. The van der Waals surface area contributed by atoms with E-state index in [0.717, 1.165) is 19.3 Å². The number of rotatable bonds is 6. The van der Waals surface area contributed by atoms with Crippen molar-refractivity contribution < 1.29 is 9.18 Å². The predicted molar refractivity (Wildman–Crippen MR) is 101 cm³/mol. The van der Waals surface area contributed by atoms with Gasteiger partial charge in [0.1, 0.15) is 17.5 Å². The van der Waals surface area contributed by atoms with Crippen LogP contribution in [-0.2, 0) is 11.2 Å². The van der Waals surface area contributed by atoms with E-state index in [-0.39, 0.29) is 10.0 Å². The Morgan fingerprint density at radius 3 is 2.60 bits per heavy atom. The van der Waals surface area contributed by atoms with Crippen molar-refractivity contribution in [2.75, 3.05) is 5.32 Å². The van der Waals surface area contributed by atoms with Crippen molar-refractivity contribution in [1.82, 2.24) is 0 Å². The maximum absolute atomic E-state index is 13.3. The maximum Gasteiger partial charge on any atom is 0.266 e. The number of nitriles is 1. The summed E-state index contributed by atoms with van der Waals surface area (Å²) in [7, 11) is 0. The van der Waals surface area contributed by atoms with Crippen LogP contribution >= 0.6 is 15.9 Å². The van der Waals surface area contributed by atoms with E-state index in [1.807, 2.05) is 30.3 Å². The number of halogens is 2. The van der Waals surface area contributed by atoms with E-state index in [2.05, 4.69) is 28.2 Å². The Morgan fingerprint density at radius 1 is 1.28 bits per heavy atom. The number of hydrogen-bond donors (Lipinski definition) is 1. The minimum Gasteiger partial charge on any atom is -0.321 e. The monoisotopic (exact) mass is 400 g/mol. The third-order valence-electron chi connectivity index (χ3n) is 3.65. The second-order valence-corrected chi connectivity index (χ2v) is 6.45. The molecule has 0 saturated carbocycles. The summed E-state index contributed by atoms with van der Waals surface area (Å²) in [6, 6.07) is 13.8. The van der Waals surface area contributed by atoms with Gasteiger partial charge in [0, 0.05) is 5.69 Å². The van der Waals surface area contributed by atoms with Crippen LogP contribution in [0.3, 0.4) is 0 Å². The molecular weight excluding hydrogens is 383 g/mol. The lowest BCUT2D eigenvalue weighted by Gasteiger charge is -2.06. The molecule has 3 nitrogen and oxygen atoms in total. The van der Waals surface area contributed by atoms with E-state index in [1.54, 1.807) is 0 Å². The average molecular weight is 401 g/mol. The second kappa shape index (κ2) is 9.14. The molecule has 0 heterocycles. The lowest BCUT2D eigenvalue weighted by molar-refractivity contribution is -0.112. The highest BCUT2D eigenvalue weighted by molar-refractivity contribution is 9.10. The summed E-state index contributed by atoms with van der Waals surface area (Å²) in [5.41, 5.74) is 2.36. The largest absolute Gasteiger partial charge is 0.321 e. The van der Waals surface area contributed by atoms with Gasteiger partial charge in [-0.3, -0.25) is 4.79 Å². The van der Waals surface area contributed by atoms with Crippen LogP contribution in [0.25, 0.3) is 6.08 Å². The summed E-state index contributed by atoms with van der Waals surface area (Å²) >= 11 is 3.09. The first-order valence-corrected chi connectivity index (χ1v) is 8.80. The standard InChI is InChI=1S/C20H18BrFN2O/c1-2-3-4-14-5-8-17(9-6-14)24-20(25)16(13-23)11-15-7-10-19(22)18(21)12-15/h5-12H,2-4H2,1H3,(H,24,25)/b16-11+. The summed E-state index contributed by atoms with van der Waals surface area (Å²) in [6.07, 6.45) is 4.69. The molecule has 0 unspecified atom stereocenters. The highest BCUT2D eigenvalue weighted by Gasteiger charge is 2.10. The number of amides is 1. The molecule has 128 valence electrons. The number of nitrogens with zero attached hydrogens (tertiary/aromatic N) is 1. The minimum atomic E-state index is -0.496. The smallest absolute Gasteiger partial charge is 0.266 e. The molecule has 2 aromatic carbocycles. The van der Waals surface area contributed by atoms with Crippen molar-refractivity contribution in [3.05, 3.63) is 69.5 Å². The van der Waals surface area contributed by atoms with Crippen LogP contribution in [0.2, 0.25) is 0 Å². The van der Waals surface area contributed by atoms with Crippen molar-refractivity contribution in [1.29, 1.82) is 5.26 Å². The van der Waals surface area contributed by atoms with E-state index in [4.69, 9.17) is 0 Å². The number of nitrogens with one attached hydrogen (secondary N) is 1. The SMILES string of the molecule is CCCCc1ccc(NC(=O)/C(C#N)=C/c2ccc(F)c(Br)c2)cc1. The molecule has 25 heavy (non-hydrogen) atoms. The first-order valence-electron chi connectivity index (χ1n) is 8.00. The van der Waals surface area contributed by atoms with Gasteiger partial charge in [-0.1, -0.05) is 31.5 Å². The lowest BCUT2D eigenvalue weighted by atomic mass is 10.1. The van der Waals surface area contributed by atoms with Crippen molar-refractivity contribution >= 4 is 33.6 Å². The van der Waals surface area contributed by atoms with Crippen LogP contribution in [0, 0.1) is 17.1 Å².